The van der Waals surface area contributed by atoms with Crippen LogP contribution in [-0.4, -0.2) is 30.7 Å². The first kappa shape index (κ1) is 23.9. The maximum atomic E-state index is 12.4. The molecule has 0 saturated carbocycles. The average Bonchev–Trinajstić information content (AvgIpc) is 2.60. The van der Waals surface area contributed by atoms with Crippen molar-refractivity contribution in [2.45, 2.75) is 52.2 Å². The lowest BCUT2D eigenvalue weighted by Gasteiger charge is -2.24. The average molecular weight is 403 g/mol. The van der Waals surface area contributed by atoms with Crippen LogP contribution >= 0.6 is 0 Å². The predicted octanol–water partition coefficient (Wildman–Crippen LogP) is 3.81. The zero-order valence-electron chi connectivity index (χ0n) is 17.7. The number of carbonyl (C=O) groups excluding carboxylic acids is 3. The largest absolute Gasteiger partial charge is 0.467 e. The summed E-state index contributed by atoms with van der Waals surface area (Å²) in [7, 11) is 1.23. The Kier molecular flexibility index (Phi) is 8.63. The van der Waals surface area contributed by atoms with Crippen molar-refractivity contribution >= 4 is 18.0 Å². The van der Waals surface area contributed by atoms with Gasteiger partial charge in [-0.2, -0.15) is 0 Å². The first-order chi connectivity index (χ1) is 13.5. The number of benzene rings is 1. The smallest absolute Gasteiger partial charge is 0.408 e. The molecular formula is C22H29NO6. The normalized spacial score (nSPS) is 11.8. The Labute approximate surface area is 171 Å². The summed E-state index contributed by atoms with van der Waals surface area (Å²) >= 11 is 0. The summed E-state index contributed by atoms with van der Waals surface area (Å²) in [6, 6.07) is 2.24. The Hall–Kier alpha value is -3.09. The second-order valence-corrected chi connectivity index (χ2v) is 7.35. The van der Waals surface area contributed by atoms with Crippen LogP contribution in [0.25, 0.3) is 0 Å². The molecule has 0 fully saturated rings. The van der Waals surface area contributed by atoms with Crippen LogP contribution in [0.2, 0.25) is 0 Å². The van der Waals surface area contributed by atoms with Gasteiger partial charge in [0, 0.05) is 6.92 Å². The van der Waals surface area contributed by atoms with E-state index in [1.807, 2.05) is 0 Å². The Bertz CT molecular complexity index is 760. The number of rotatable bonds is 8. The van der Waals surface area contributed by atoms with Crippen LogP contribution in [0.4, 0.5) is 4.79 Å². The number of hydrogen-bond donors (Lipinski definition) is 1. The third-order valence-corrected chi connectivity index (χ3v) is 3.67. The summed E-state index contributed by atoms with van der Waals surface area (Å²) in [6.45, 7) is 13.9. The third-order valence-electron chi connectivity index (χ3n) is 3.67. The zero-order valence-corrected chi connectivity index (χ0v) is 17.7. The van der Waals surface area contributed by atoms with E-state index in [1.54, 1.807) is 45.1 Å². The number of alkyl carbamates (subject to hydrolysis) is 1. The van der Waals surface area contributed by atoms with E-state index in [0.29, 0.717) is 35.3 Å². The molecule has 7 nitrogen and oxygen atoms in total. The lowest BCUT2D eigenvalue weighted by molar-refractivity contribution is -0.143. The van der Waals surface area contributed by atoms with Crippen LogP contribution in [0.15, 0.2) is 37.4 Å². The van der Waals surface area contributed by atoms with E-state index in [1.165, 1.54) is 14.0 Å². The van der Waals surface area contributed by atoms with Gasteiger partial charge < -0.3 is 19.5 Å². The summed E-state index contributed by atoms with van der Waals surface area (Å²) in [4.78, 5) is 36.2. The second-order valence-electron chi connectivity index (χ2n) is 7.35. The van der Waals surface area contributed by atoms with E-state index in [2.05, 4.69) is 18.5 Å². The molecule has 1 aromatic carbocycles. The second kappa shape index (κ2) is 10.5. The molecule has 0 aliphatic carbocycles. The minimum atomic E-state index is -1.10. The van der Waals surface area contributed by atoms with Gasteiger partial charge in [-0.1, -0.05) is 12.2 Å². The van der Waals surface area contributed by atoms with Crippen molar-refractivity contribution in [1.29, 1.82) is 0 Å². The molecule has 1 atom stereocenters. The fourth-order valence-corrected chi connectivity index (χ4v) is 2.66. The molecule has 1 aromatic rings. The molecule has 0 radical (unpaired) electrons. The van der Waals surface area contributed by atoms with E-state index < -0.39 is 29.7 Å². The topological polar surface area (TPSA) is 90.9 Å². The van der Waals surface area contributed by atoms with Crippen molar-refractivity contribution in [3.05, 3.63) is 54.1 Å². The number of allylic oxidation sites excluding steroid dienone is 2. The zero-order chi connectivity index (χ0) is 22.2. The third kappa shape index (κ3) is 7.44. The van der Waals surface area contributed by atoms with Crippen LogP contribution in [0.1, 0.15) is 50.4 Å². The molecule has 0 aliphatic heterocycles. The van der Waals surface area contributed by atoms with Crippen molar-refractivity contribution in [2.75, 3.05) is 7.11 Å². The quantitative estimate of drug-likeness (QED) is 0.403. The molecule has 0 spiro atoms. The van der Waals surface area contributed by atoms with Gasteiger partial charge in [0.2, 0.25) is 0 Å². The maximum Gasteiger partial charge on any atom is 0.408 e. The molecule has 1 amide bonds. The Morgan fingerprint density at radius 2 is 1.62 bits per heavy atom. The highest BCUT2D eigenvalue weighted by atomic mass is 16.6. The maximum absolute atomic E-state index is 12.4. The minimum Gasteiger partial charge on any atom is -0.467 e. The highest BCUT2D eigenvalue weighted by Crippen LogP contribution is 2.31. The summed E-state index contributed by atoms with van der Waals surface area (Å²) in [5.74, 6) is -0.739. The highest BCUT2D eigenvalue weighted by Gasteiger charge is 2.28. The Morgan fingerprint density at radius 3 is 2.00 bits per heavy atom. The van der Waals surface area contributed by atoms with Gasteiger partial charge in [-0.25, -0.2) is 9.59 Å². The molecule has 29 heavy (non-hydrogen) atoms. The summed E-state index contributed by atoms with van der Waals surface area (Å²) < 4.78 is 15.5. The SMILES string of the molecule is C=CCc1cc(C(NC(=O)OC(C)(C)C)C(=O)OC)cc(CC=C)c1OC(C)=O. The summed E-state index contributed by atoms with van der Waals surface area (Å²) in [5.41, 5.74) is 1.02. The summed E-state index contributed by atoms with van der Waals surface area (Å²) in [6.07, 6.45) is 3.32. The first-order valence-corrected chi connectivity index (χ1v) is 9.15. The van der Waals surface area contributed by atoms with Crippen LogP contribution in [0.3, 0.4) is 0 Å². The lowest BCUT2D eigenvalue weighted by atomic mass is 9.95. The molecule has 0 heterocycles. The predicted molar refractivity (Wildman–Crippen MR) is 110 cm³/mol. The number of carbonyl (C=O) groups is 3. The van der Waals surface area contributed by atoms with Gasteiger partial charge in [-0.3, -0.25) is 4.79 Å². The van der Waals surface area contributed by atoms with Crippen LogP contribution in [-0.2, 0) is 31.9 Å². The lowest BCUT2D eigenvalue weighted by Crippen LogP contribution is -2.38. The van der Waals surface area contributed by atoms with E-state index in [-0.39, 0.29) is 0 Å². The van der Waals surface area contributed by atoms with Gasteiger partial charge in [0.05, 0.1) is 7.11 Å². The molecule has 1 rings (SSSR count). The van der Waals surface area contributed by atoms with E-state index in [4.69, 9.17) is 14.2 Å². The van der Waals surface area contributed by atoms with Crippen molar-refractivity contribution in [2.24, 2.45) is 0 Å². The van der Waals surface area contributed by atoms with E-state index in [9.17, 15) is 14.4 Å². The number of ether oxygens (including phenoxy) is 3. The van der Waals surface area contributed by atoms with Gasteiger partial charge >= 0.3 is 18.0 Å². The van der Waals surface area contributed by atoms with Crippen LogP contribution in [0, 0.1) is 0 Å². The fourth-order valence-electron chi connectivity index (χ4n) is 2.66. The molecule has 1 N–H and O–H groups in total. The molecule has 0 aliphatic rings. The fraction of sp³-hybridized carbons (Fsp3) is 0.409. The first-order valence-electron chi connectivity index (χ1n) is 9.15. The number of esters is 2. The Morgan fingerprint density at radius 1 is 1.10 bits per heavy atom. The molecule has 0 saturated heterocycles. The number of hydrogen-bond acceptors (Lipinski definition) is 6. The molecule has 1 unspecified atom stereocenters. The monoisotopic (exact) mass is 403 g/mol. The van der Waals surface area contributed by atoms with Gasteiger partial charge in [0.25, 0.3) is 0 Å². The van der Waals surface area contributed by atoms with Gasteiger partial charge in [-0.05, 0) is 62.4 Å². The van der Waals surface area contributed by atoms with E-state index >= 15 is 0 Å². The van der Waals surface area contributed by atoms with Crippen molar-refractivity contribution in [3.8, 4) is 5.75 Å². The number of methoxy groups -OCH3 is 1. The molecule has 158 valence electrons. The number of nitrogens with one attached hydrogen (secondary N) is 1. The van der Waals surface area contributed by atoms with Gasteiger partial charge in [0.1, 0.15) is 11.4 Å². The van der Waals surface area contributed by atoms with Crippen molar-refractivity contribution < 1.29 is 28.6 Å². The number of amides is 1. The summed E-state index contributed by atoms with van der Waals surface area (Å²) in [5, 5.41) is 2.54. The van der Waals surface area contributed by atoms with Gasteiger partial charge in [0.15, 0.2) is 6.04 Å². The van der Waals surface area contributed by atoms with Crippen molar-refractivity contribution in [1.82, 2.24) is 5.32 Å². The molecule has 7 heteroatoms. The van der Waals surface area contributed by atoms with Crippen LogP contribution < -0.4 is 10.1 Å². The Balaban J connectivity index is 3.48. The van der Waals surface area contributed by atoms with E-state index in [0.717, 1.165) is 0 Å². The molecular weight excluding hydrogens is 374 g/mol. The standard InChI is InChI=1S/C22H29NO6/c1-8-10-15-12-17(13-16(11-9-2)19(15)28-14(3)24)18(20(25)27-7)23-21(26)29-22(4,5)6/h8-9,12-13,18H,1-2,10-11H2,3-7H3,(H,23,26). The minimum absolute atomic E-state index is 0.390. The van der Waals surface area contributed by atoms with Crippen molar-refractivity contribution in [3.63, 3.8) is 0 Å². The highest BCUT2D eigenvalue weighted by molar-refractivity contribution is 5.83. The van der Waals surface area contributed by atoms with Gasteiger partial charge in [-0.15, -0.1) is 13.2 Å². The van der Waals surface area contributed by atoms with Crippen LogP contribution in [0.5, 0.6) is 5.75 Å². The molecule has 0 bridgehead atoms. The molecule has 0 aromatic heterocycles.